The van der Waals surface area contributed by atoms with Crippen molar-refractivity contribution >= 4 is 35.0 Å². The maximum absolute atomic E-state index is 12.3. The van der Waals surface area contributed by atoms with E-state index in [0.717, 1.165) is 68.2 Å². The third-order valence-corrected chi connectivity index (χ3v) is 6.89. The first-order valence-electron chi connectivity index (χ1n) is 13.8. The zero-order chi connectivity index (χ0) is 28.2. The number of aliphatic hydroxyl groups is 1. The number of hydrogen-bond acceptors (Lipinski definition) is 10. The fraction of sp³-hybridized carbons (Fsp3) is 0.448. The molecule has 4 N–H and O–H groups in total. The van der Waals surface area contributed by atoms with Gasteiger partial charge in [-0.15, -0.1) is 0 Å². The van der Waals surface area contributed by atoms with Crippen LogP contribution in [0.3, 0.4) is 0 Å². The topological polar surface area (TPSA) is 151 Å². The summed E-state index contributed by atoms with van der Waals surface area (Å²) in [6, 6.07) is 7.59. The van der Waals surface area contributed by atoms with Crippen molar-refractivity contribution in [2.45, 2.75) is 76.4 Å². The van der Waals surface area contributed by atoms with Crippen molar-refractivity contribution < 1.29 is 19.4 Å². The van der Waals surface area contributed by atoms with Crippen molar-refractivity contribution in [3.63, 3.8) is 0 Å². The lowest BCUT2D eigenvalue weighted by atomic mass is 9.93. The summed E-state index contributed by atoms with van der Waals surface area (Å²) in [6.45, 7) is 0. The number of esters is 1. The molecule has 11 heteroatoms. The molecular weight excluding hydrogens is 510 g/mol. The number of methoxy groups -OCH3 is 1. The highest BCUT2D eigenvalue weighted by Crippen LogP contribution is 2.30. The summed E-state index contributed by atoms with van der Waals surface area (Å²) in [4.78, 5) is 40.9. The highest BCUT2D eigenvalue weighted by atomic mass is 16.5. The zero-order valence-corrected chi connectivity index (χ0v) is 22.8. The molecule has 0 spiro atoms. The molecule has 0 radical (unpaired) electrons. The Balaban J connectivity index is 1.32. The summed E-state index contributed by atoms with van der Waals surface area (Å²) in [7, 11) is 1.39. The van der Waals surface area contributed by atoms with Gasteiger partial charge in [-0.05, 0) is 62.8 Å². The Kier molecular flexibility index (Phi) is 10.7. The number of aromatic nitrogens is 4. The van der Waals surface area contributed by atoms with Gasteiger partial charge in [-0.2, -0.15) is 4.98 Å². The first kappa shape index (κ1) is 28.9. The van der Waals surface area contributed by atoms with E-state index in [0.29, 0.717) is 30.3 Å². The lowest BCUT2D eigenvalue weighted by Crippen LogP contribution is -2.28. The molecule has 212 valence electrons. The van der Waals surface area contributed by atoms with E-state index in [-0.39, 0.29) is 24.0 Å². The second-order valence-corrected chi connectivity index (χ2v) is 9.97. The van der Waals surface area contributed by atoms with Gasteiger partial charge in [0.1, 0.15) is 12.1 Å². The molecular formula is C29H37N7O4. The Morgan fingerprint density at radius 1 is 0.925 bits per heavy atom. The Bertz CT molecular complexity index is 1230. The van der Waals surface area contributed by atoms with Crippen LogP contribution in [0.2, 0.25) is 0 Å². The number of anilines is 4. The standard InChI is InChI=1S/C29H37N7O4/c1-40-27(39)7-5-3-2-4-6-26(38)33-21-8-10-23(11-9-21)35-29-32-18-25(20-16-30-19-31-17-20)28(36-29)34-22-12-14-24(37)15-13-22/h8-11,16-19,22,24,37H,2-7,12-15H2,1H3,(H,33,38)(H2,32,34,35,36)/t22-,24-. The van der Waals surface area contributed by atoms with Gasteiger partial charge in [-0.25, -0.2) is 15.0 Å². The minimum Gasteiger partial charge on any atom is -0.469 e. The smallest absolute Gasteiger partial charge is 0.305 e. The Labute approximate surface area is 234 Å². The fourth-order valence-corrected chi connectivity index (χ4v) is 4.62. The van der Waals surface area contributed by atoms with Crippen molar-refractivity contribution in [3.05, 3.63) is 49.2 Å². The molecule has 11 nitrogen and oxygen atoms in total. The van der Waals surface area contributed by atoms with Crippen LogP contribution in [0.5, 0.6) is 0 Å². The van der Waals surface area contributed by atoms with E-state index in [9.17, 15) is 14.7 Å². The number of benzene rings is 1. The van der Waals surface area contributed by atoms with Crippen LogP contribution in [-0.2, 0) is 14.3 Å². The molecule has 0 saturated heterocycles. The number of unbranched alkanes of at least 4 members (excludes halogenated alkanes) is 3. The predicted octanol–water partition coefficient (Wildman–Crippen LogP) is 4.84. The number of aliphatic hydroxyl groups excluding tert-OH is 1. The van der Waals surface area contributed by atoms with Gasteiger partial charge < -0.3 is 25.8 Å². The molecule has 0 bridgehead atoms. The molecule has 1 amide bonds. The maximum Gasteiger partial charge on any atom is 0.305 e. The third-order valence-electron chi connectivity index (χ3n) is 6.89. The van der Waals surface area contributed by atoms with E-state index in [1.54, 1.807) is 18.6 Å². The highest BCUT2D eigenvalue weighted by Gasteiger charge is 2.21. The van der Waals surface area contributed by atoms with Gasteiger partial charge in [-0.3, -0.25) is 9.59 Å². The molecule has 1 fully saturated rings. The number of ether oxygens (including phenoxy) is 1. The molecule has 2 aromatic heterocycles. The first-order chi connectivity index (χ1) is 19.5. The van der Waals surface area contributed by atoms with Gasteiger partial charge in [0.2, 0.25) is 11.9 Å². The van der Waals surface area contributed by atoms with Crippen LogP contribution >= 0.6 is 0 Å². The van der Waals surface area contributed by atoms with E-state index >= 15 is 0 Å². The van der Waals surface area contributed by atoms with Crippen LogP contribution in [0.4, 0.5) is 23.1 Å². The molecule has 0 atom stereocenters. The van der Waals surface area contributed by atoms with Crippen molar-refractivity contribution in [3.8, 4) is 11.1 Å². The number of nitrogens with one attached hydrogen (secondary N) is 3. The van der Waals surface area contributed by atoms with Crippen molar-refractivity contribution in [2.75, 3.05) is 23.1 Å². The van der Waals surface area contributed by atoms with Crippen LogP contribution in [0, 0.1) is 0 Å². The number of hydrogen-bond donors (Lipinski definition) is 4. The molecule has 4 rings (SSSR count). The van der Waals surface area contributed by atoms with Gasteiger partial charge in [0.25, 0.3) is 0 Å². The zero-order valence-electron chi connectivity index (χ0n) is 22.8. The van der Waals surface area contributed by atoms with E-state index in [2.05, 4.69) is 35.6 Å². The van der Waals surface area contributed by atoms with E-state index in [1.165, 1.54) is 13.4 Å². The normalized spacial score (nSPS) is 16.6. The minimum absolute atomic E-state index is 0.0385. The number of nitrogens with zero attached hydrogens (tertiary/aromatic N) is 4. The lowest BCUT2D eigenvalue weighted by Gasteiger charge is -2.27. The summed E-state index contributed by atoms with van der Waals surface area (Å²) in [6.07, 6.45) is 13.9. The van der Waals surface area contributed by atoms with Gasteiger partial charge >= 0.3 is 5.97 Å². The summed E-state index contributed by atoms with van der Waals surface area (Å²) in [5.74, 6) is 0.883. The monoisotopic (exact) mass is 547 g/mol. The molecule has 1 aromatic carbocycles. The number of carbonyl (C=O) groups excluding carboxylic acids is 2. The lowest BCUT2D eigenvalue weighted by molar-refractivity contribution is -0.140. The number of carbonyl (C=O) groups is 2. The Morgan fingerprint density at radius 2 is 1.60 bits per heavy atom. The summed E-state index contributed by atoms with van der Waals surface area (Å²) >= 11 is 0. The van der Waals surface area contributed by atoms with Gasteiger partial charge in [0.05, 0.1) is 13.2 Å². The number of rotatable bonds is 13. The van der Waals surface area contributed by atoms with Crippen LogP contribution in [0.1, 0.15) is 64.2 Å². The molecule has 1 aliphatic rings. The van der Waals surface area contributed by atoms with Gasteiger partial charge in [0, 0.05) is 60.0 Å². The molecule has 0 aliphatic heterocycles. The highest BCUT2D eigenvalue weighted by molar-refractivity contribution is 5.90. The van der Waals surface area contributed by atoms with Crippen molar-refractivity contribution in [2.24, 2.45) is 0 Å². The molecule has 40 heavy (non-hydrogen) atoms. The van der Waals surface area contributed by atoms with E-state index in [4.69, 9.17) is 4.98 Å². The average molecular weight is 548 g/mol. The van der Waals surface area contributed by atoms with Crippen LogP contribution in [0.15, 0.2) is 49.2 Å². The SMILES string of the molecule is COC(=O)CCCCCCC(=O)Nc1ccc(Nc2ncc(-c3cncnc3)c(N[C@H]3CC[C@H](O)CC3)n2)cc1. The number of amides is 1. The predicted molar refractivity (Wildman–Crippen MR) is 153 cm³/mol. The quantitative estimate of drug-likeness (QED) is 0.173. The molecule has 1 aliphatic carbocycles. The summed E-state index contributed by atoms with van der Waals surface area (Å²) < 4.78 is 4.63. The molecule has 3 aromatic rings. The molecule has 0 unspecified atom stereocenters. The van der Waals surface area contributed by atoms with Crippen molar-refractivity contribution in [1.29, 1.82) is 0 Å². The minimum atomic E-state index is -0.236. The summed E-state index contributed by atoms with van der Waals surface area (Å²) in [5.41, 5.74) is 3.11. The van der Waals surface area contributed by atoms with Crippen LogP contribution in [-0.4, -0.2) is 56.2 Å². The van der Waals surface area contributed by atoms with Crippen LogP contribution < -0.4 is 16.0 Å². The van der Waals surface area contributed by atoms with Gasteiger partial charge in [0.15, 0.2) is 0 Å². The Hall–Kier alpha value is -4.12. The summed E-state index contributed by atoms with van der Waals surface area (Å²) in [5, 5.41) is 19.6. The van der Waals surface area contributed by atoms with Crippen molar-refractivity contribution in [1.82, 2.24) is 19.9 Å². The fourth-order valence-electron chi connectivity index (χ4n) is 4.62. The Morgan fingerprint density at radius 3 is 2.30 bits per heavy atom. The van der Waals surface area contributed by atoms with E-state index < -0.39 is 0 Å². The second kappa shape index (κ2) is 14.9. The first-order valence-corrected chi connectivity index (χ1v) is 13.8. The van der Waals surface area contributed by atoms with Gasteiger partial charge in [-0.1, -0.05) is 12.8 Å². The van der Waals surface area contributed by atoms with Crippen LogP contribution in [0.25, 0.3) is 11.1 Å². The molecule has 2 heterocycles. The largest absolute Gasteiger partial charge is 0.469 e. The second-order valence-electron chi connectivity index (χ2n) is 9.97. The average Bonchev–Trinajstić information content (AvgIpc) is 2.97. The molecule has 1 saturated carbocycles. The maximum atomic E-state index is 12.3. The third kappa shape index (κ3) is 8.98. The van der Waals surface area contributed by atoms with E-state index in [1.807, 2.05) is 24.3 Å².